The maximum atomic E-state index is 14.9. The van der Waals surface area contributed by atoms with Crippen molar-refractivity contribution in [2.45, 2.75) is 32.4 Å². The van der Waals surface area contributed by atoms with Crippen LogP contribution in [0.1, 0.15) is 31.1 Å². The molecular weight excluding hydrogens is 429 g/mol. The summed E-state index contributed by atoms with van der Waals surface area (Å²) < 4.78 is 20.4. The van der Waals surface area contributed by atoms with E-state index in [9.17, 15) is 18.8 Å². The van der Waals surface area contributed by atoms with E-state index in [2.05, 4.69) is 0 Å². The van der Waals surface area contributed by atoms with Crippen LogP contribution in [0.2, 0.25) is 0 Å². The van der Waals surface area contributed by atoms with Gasteiger partial charge in [0.15, 0.2) is 0 Å². The molecule has 2 heterocycles. The van der Waals surface area contributed by atoms with Crippen LogP contribution in [0.4, 0.5) is 19.7 Å². The molecule has 0 bridgehead atoms. The average molecular weight is 455 g/mol. The minimum absolute atomic E-state index is 0.121. The van der Waals surface area contributed by atoms with E-state index < -0.39 is 23.5 Å². The fourth-order valence-corrected chi connectivity index (χ4v) is 4.11. The number of aromatic carboxylic acids is 1. The summed E-state index contributed by atoms with van der Waals surface area (Å²) in [4.78, 5) is 41.2. The number of carbonyl (C=O) groups excluding carboxylic acids is 2. The fraction of sp³-hybridized carbons (Fsp3) is 0.375. The Morgan fingerprint density at radius 2 is 1.76 bits per heavy atom. The van der Waals surface area contributed by atoms with E-state index >= 15 is 0 Å². The number of ether oxygens (including phenoxy) is 1. The van der Waals surface area contributed by atoms with Gasteiger partial charge < -0.3 is 19.6 Å². The maximum absolute atomic E-state index is 14.9. The first kappa shape index (κ1) is 22.6. The summed E-state index contributed by atoms with van der Waals surface area (Å²) in [6.07, 6.45) is -0.405. The Morgan fingerprint density at radius 1 is 1.06 bits per heavy atom. The van der Waals surface area contributed by atoms with Gasteiger partial charge in [0.1, 0.15) is 11.4 Å². The Hall–Kier alpha value is -3.62. The standard InChI is InChI=1S/C24H26FN3O5/c1-24(2,3)33-23(32)26-10-11-27-18(13-26)14-28(22(27)31)17-8-9-19(20(25)12-17)15-4-6-16(7-5-15)21(29)30/h4-9,12,18H,10-11,13-14H2,1-3H3,(H,29,30)/t18-/m0/s1. The molecule has 0 spiro atoms. The number of piperazine rings is 1. The predicted molar refractivity (Wildman–Crippen MR) is 120 cm³/mol. The van der Waals surface area contributed by atoms with Gasteiger partial charge in [-0.2, -0.15) is 0 Å². The van der Waals surface area contributed by atoms with Crippen LogP contribution in [0, 0.1) is 5.82 Å². The van der Waals surface area contributed by atoms with Gasteiger partial charge in [0, 0.05) is 37.4 Å². The fourth-order valence-electron chi connectivity index (χ4n) is 4.11. The summed E-state index contributed by atoms with van der Waals surface area (Å²) in [5, 5.41) is 9.02. The first-order valence-corrected chi connectivity index (χ1v) is 10.7. The monoisotopic (exact) mass is 455 g/mol. The molecule has 174 valence electrons. The maximum Gasteiger partial charge on any atom is 0.410 e. The normalized spacial score (nSPS) is 18.4. The van der Waals surface area contributed by atoms with Crippen molar-refractivity contribution in [2.75, 3.05) is 31.1 Å². The van der Waals surface area contributed by atoms with E-state index in [0.717, 1.165) is 0 Å². The van der Waals surface area contributed by atoms with E-state index in [-0.39, 0.29) is 17.6 Å². The van der Waals surface area contributed by atoms with Crippen molar-refractivity contribution in [3.8, 4) is 11.1 Å². The van der Waals surface area contributed by atoms with Gasteiger partial charge in [-0.25, -0.2) is 18.8 Å². The molecule has 8 nitrogen and oxygen atoms in total. The van der Waals surface area contributed by atoms with Gasteiger partial charge in [0.2, 0.25) is 0 Å². The predicted octanol–water partition coefficient (Wildman–Crippen LogP) is 4.05. The zero-order chi connectivity index (χ0) is 23.9. The average Bonchev–Trinajstić information content (AvgIpc) is 3.08. The molecule has 2 fully saturated rings. The molecule has 2 aliphatic rings. The molecule has 2 saturated heterocycles. The number of anilines is 1. The van der Waals surface area contributed by atoms with Crippen molar-refractivity contribution < 1.29 is 28.6 Å². The lowest BCUT2D eigenvalue weighted by molar-refractivity contribution is 0.0128. The minimum atomic E-state index is -1.05. The van der Waals surface area contributed by atoms with Gasteiger partial charge in [-0.1, -0.05) is 12.1 Å². The largest absolute Gasteiger partial charge is 0.478 e. The summed E-state index contributed by atoms with van der Waals surface area (Å²) in [6.45, 7) is 6.88. The molecular formula is C24H26FN3O5. The van der Waals surface area contributed by atoms with Gasteiger partial charge >= 0.3 is 18.1 Å². The first-order chi connectivity index (χ1) is 15.5. The van der Waals surface area contributed by atoms with E-state index in [1.165, 1.54) is 23.1 Å². The highest BCUT2D eigenvalue weighted by Crippen LogP contribution is 2.31. The SMILES string of the molecule is CC(C)(C)OC(=O)N1CCN2C(=O)N(c3ccc(-c4ccc(C(=O)O)cc4)c(F)c3)C[C@@H]2C1. The molecule has 9 heteroatoms. The molecule has 0 aliphatic carbocycles. The number of benzene rings is 2. The van der Waals surface area contributed by atoms with Crippen molar-refractivity contribution in [1.82, 2.24) is 9.80 Å². The lowest BCUT2D eigenvalue weighted by Crippen LogP contribution is -2.54. The zero-order valence-electron chi connectivity index (χ0n) is 18.7. The number of carboxylic acid groups (broad SMARTS) is 1. The number of nitrogens with zero attached hydrogens (tertiary/aromatic N) is 3. The summed E-state index contributed by atoms with van der Waals surface area (Å²) >= 11 is 0. The highest BCUT2D eigenvalue weighted by atomic mass is 19.1. The van der Waals surface area contributed by atoms with E-state index in [4.69, 9.17) is 9.84 Å². The number of hydrogen-bond acceptors (Lipinski definition) is 4. The van der Waals surface area contributed by atoms with Crippen LogP contribution in [-0.2, 0) is 4.74 Å². The smallest absolute Gasteiger partial charge is 0.410 e. The molecule has 0 unspecified atom stereocenters. The summed E-state index contributed by atoms with van der Waals surface area (Å²) in [7, 11) is 0. The lowest BCUT2D eigenvalue weighted by Gasteiger charge is -2.36. The van der Waals surface area contributed by atoms with E-state index in [1.807, 2.05) is 0 Å². The second-order valence-electron chi connectivity index (χ2n) is 9.21. The summed E-state index contributed by atoms with van der Waals surface area (Å²) in [5.74, 6) is -1.56. The number of halogens is 1. The van der Waals surface area contributed by atoms with Crippen molar-refractivity contribution in [2.24, 2.45) is 0 Å². The summed E-state index contributed by atoms with van der Waals surface area (Å²) in [5.41, 5.74) is 0.814. The molecule has 1 N–H and O–H groups in total. The molecule has 0 radical (unpaired) electrons. The van der Waals surface area contributed by atoms with Crippen LogP contribution in [0.25, 0.3) is 11.1 Å². The summed E-state index contributed by atoms with van der Waals surface area (Å²) in [6, 6.07) is 10.1. The third-order valence-corrected chi connectivity index (χ3v) is 5.71. The number of urea groups is 1. The minimum Gasteiger partial charge on any atom is -0.478 e. The second kappa shape index (κ2) is 8.38. The van der Waals surface area contributed by atoms with Gasteiger partial charge in [0.05, 0.1) is 11.6 Å². The second-order valence-corrected chi connectivity index (χ2v) is 9.21. The quantitative estimate of drug-likeness (QED) is 0.754. The Balaban J connectivity index is 1.49. The highest BCUT2D eigenvalue weighted by Gasteiger charge is 2.43. The van der Waals surface area contributed by atoms with Crippen LogP contribution in [0.5, 0.6) is 0 Å². The molecule has 2 aromatic rings. The first-order valence-electron chi connectivity index (χ1n) is 10.7. The van der Waals surface area contributed by atoms with Gasteiger partial charge in [-0.05, 0) is 56.7 Å². The van der Waals surface area contributed by atoms with Crippen molar-refractivity contribution >= 4 is 23.8 Å². The van der Waals surface area contributed by atoms with Gasteiger partial charge in [0.25, 0.3) is 0 Å². The molecule has 2 aromatic carbocycles. The van der Waals surface area contributed by atoms with Crippen LogP contribution >= 0.6 is 0 Å². The third-order valence-electron chi connectivity index (χ3n) is 5.71. The molecule has 0 saturated carbocycles. The van der Waals surface area contributed by atoms with E-state index in [1.54, 1.807) is 54.8 Å². The van der Waals surface area contributed by atoms with Crippen molar-refractivity contribution in [3.63, 3.8) is 0 Å². The third kappa shape index (κ3) is 4.62. The van der Waals surface area contributed by atoms with Crippen LogP contribution in [-0.4, -0.2) is 70.8 Å². The molecule has 33 heavy (non-hydrogen) atoms. The highest BCUT2D eigenvalue weighted by molar-refractivity contribution is 5.95. The van der Waals surface area contributed by atoms with Gasteiger partial charge in [-0.15, -0.1) is 0 Å². The number of fused-ring (bicyclic) bond motifs is 1. The number of amides is 3. The number of carbonyl (C=O) groups is 3. The lowest BCUT2D eigenvalue weighted by atomic mass is 10.0. The van der Waals surface area contributed by atoms with E-state index in [0.29, 0.717) is 43.0 Å². The van der Waals surface area contributed by atoms with Crippen LogP contribution in [0.3, 0.4) is 0 Å². The van der Waals surface area contributed by atoms with Crippen LogP contribution < -0.4 is 4.90 Å². The Morgan fingerprint density at radius 3 is 2.36 bits per heavy atom. The molecule has 1 atom stereocenters. The van der Waals surface area contributed by atoms with Crippen molar-refractivity contribution in [1.29, 1.82) is 0 Å². The van der Waals surface area contributed by atoms with Crippen LogP contribution in [0.15, 0.2) is 42.5 Å². The molecule has 3 amide bonds. The molecule has 0 aromatic heterocycles. The number of hydrogen-bond donors (Lipinski definition) is 1. The van der Waals surface area contributed by atoms with Gasteiger partial charge in [-0.3, -0.25) is 4.90 Å². The zero-order valence-corrected chi connectivity index (χ0v) is 18.7. The Kier molecular flexibility index (Phi) is 5.73. The molecule has 4 rings (SSSR count). The topological polar surface area (TPSA) is 90.4 Å². The Labute approximate surface area is 191 Å². The Bertz CT molecular complexity index is 1100. The number of carboxylic acids is 1. The van der Waals surface area contributed by atoms with Crippen molar-refractivity contribution in [3.05, 3.63) is 53.8 Å². The molecule has 2 aliphatic heterocycles. The number of rotatable bonds is 3.